The van der Waals surface area contributed by atoms with Gasteiger partial charge in [0.2, 0.25) is 0 Å². The molecule has 0 aromatic carbocycles. The van der Waals surface area contributed by atoms with Gasteiger partial charge in [-0.1, -0.05) is 136 Å². The van der Waals surface area contributed by atoms with Gasteiger partial charge < -0.3 is 19.5 Å². The number of ether oxygens (including phenoxy) is 2. The Labute approximate surface area is 286 Å². The predicted molar refractivity (Wildman–Crippen MR) is 195 cm³/mol. The first-order chi connectivity index (χ1) is 22.6. The van der Waals surface area contributed by atoms with Gasteiger partial charge in [-0.25, -0.2) is 0 Å². The van der Waals surface area contributed by atoms with Crippen molar-refractivity contribution in [3.8, 4) is 0 Å². The fraction of sp³-hybridized carbons (Fsp3) is 0.950. The van der Waals surface area contributed by atoms with Gasteiger partial charge in [0.25, 0.3) is 0 Å². The Hall–Kier alpha value is -1.14. The molecule has 274 valence electrons. The van der Waals surface area contributed by atoms with Crippen molar-refractivity contribution in [1.29, 1.82) is 0 Å². The summed E-state index contributed by atoms with van der Waals surface area (Å²) in [5.41, 5.74) is 0. The molecule has 0 spiro atoms. The predicted octanol–water partition coefficient (Wildman–Crippen LogP) is 11.1. The van der Waals surface area contributed by atoms with Crippen LogP contribution < -0.4 is 0 Å². The lowest BCUT2D eigenvalue weighted by molar-refractivity contribution is -0.150. The van der Waals surface area contributed by atoms with Crippen molar-refractivity contribution >= 4 is 11.9 Å². The Morgan fingerprint density at radius 3 is 1.46 bits per heavy atom. The summed E-state index contributed by atoms with van der Waals surface area (Å²) < 4.78 is 11.3. The van der Waals surface area contributed by atoms with Crippen LogP contribution in [0.5, 0.6) is 0 Å². The third-order valence-corrected chi connectivity index (χ3v) is 9.20. The van der Waals surface area contributed by atoms with E-state index < -0.39 is 0 Å². The van der Waals surface area contributed by atoms with E-state index in [2.05, 4.69) is 25.7 Å². The summed E-state index contributed by atoms with van der Waals surface area (Å²) in [6, 6.07) is 0. The maximum atomic E-state index is 12.5. The zero-order valence-electron chi connectivity index (χ0n) is 31.1. The number of hydrogen-bond acceptors (Lipinski definition) is 6. The zero-order valence-corrected chi connectivity index (χ0v) is 31.1. The molecule has 0 bridgehead atoms. The van der Waals surface area contributed by atoms with E-state index in [1.54, 1.807) is 0 Å². The van der Waals surface area contributed by atoms with Crippen LogP contribution in [0.4, 0.5) is 0 Å². The molecule has 0 aliphatic carbocycles. The standard InChI is InChI=1S/C40H79NO5/c1-4-7-10-12-16-23-30-38(29-22-9-6-3)46-40(44)32-25-18-15-20-27-34-41(35-36-42)33-26-19-14-17-24-31-39(43)45-37-28-21-13-11-8-5-2/h38,42H,4-37H2,1-3H3. The summed E-state index contributed by atoms with van der Waals surface area (Å²) in [5, 5.41) is 9.50. The van der Waals surface area contributed by atoms with Crippen molar-refractivity contribution in [2.24, 2.45) is 0 Å². The number of aliphatic hydroxyl groups is 1. The van der Waals surface area contributed by atoms with Crippen LogP contribution >= 0.6 is 0 Å². The summed E-state index contributed by atoms with van der Waals surface area (Å²) in [5.74, 6) is -0.0297. The average Bonchev–Trinajstić information content (AvgIpc) is 3.04. The van der Waals surface area contributed by atoms with Gasteiger partial charge in [-0.05, 0) is 70.9 Å². The molecule has 0 aromatic heterocycles. The number of carbonyl (C=O) groups excluding carboxylic acids is 2. The number of carbonyl (C=O) groups is 2. The molecular formula is C40H79NO5. The lowest BCUT2D eigenvalue weighted by Crippen LogP contribution is -2.29. The Morgan fingerprint density at radius 1 is 0.500 bits per heavy atom. The van der Waals surface area contributed by atoms with E-state index in [1.165, 1.54) is 89.9 Å². The van der Waals surface area contributed by atoms with E-state index in [-0.39, 0.29) is 24.6 Å². The van der Waals surface area contributed by atoms with E-state index in [9.17, 15) is 14.7 Å². The van der Waals surface area contributed by atoms with E-state index in [1.807, 2.05) is 0 Å². The van der Waals surface area contributed by atoms with E-state index in [0.29, 0.717) is 19.4 Å². The first kappa shape index (κ1) is 44.9. The van der Waals surface area contributed by atoms with Crippen LogP contribution in [0.2, 0.25) is 0 Å². The minimum absolute atomic E-state index is 0.00466. The number of hydrogen-bond donors (Lipinski definition) is 1. The molecule has 0 aliphatic heterocycles. The van der Waals surface area contributed by atoms with E-state index in [4.69, 9.17) is 9.47 Å². The van der Waals surface area contributed by atoms with Gasteiger partial charge in [0.1, 0.15) is 6.10 Å². The van der Waals surface area contributed by atoms with Crippen LogP contribution in [0.1, 0.15) is 207 Å². The highest BCUT2D eigenvalue weighted by Gasteiger charge is 2.14. The van der Waals surface area contributed by atoms with Crippen LogP contribution in [0.25, 0.3) is 0 Å². The van der Waals surface area contributed by atoms with Crippen LogP contribution in [0, 0.1) is 0 Å². The highest BCUT2D eigenvalue weighted by molar-refractivity contribution is 5.69. The van der Waals surface area contributed by atoms with Crippen LogP contribution in [0.15, 0.2) is 0 Å². The van der Waals surface area contributed by atoms with Crippen molar-refractivity contribution in [3.63, 3.8) is 0 Å². The van der Waals surface area contributed by atoms with Gasteiger partial charge in [-0.3, -0.25) is 9.59 Å². The second-order valence-electron chi connectivity index (χ2n) is 13.8. The maximum Gasteiger partial charge on any atom is 0.306 e. The van der Waals surface area contributed by atoms with Gasteiger partial charge in [0.15, 0.2) is 0 Å². The minimum Gasteiger partial charge on any atom is -0.466 e. The fourth-order valence-electron chi connectivity index (χ4n) is 6.17. The Morgan fingerprint density at radius 2 is 0.913 bits per heavy atom. The quantitative estimate of drug-likeness (QED) is 0.0531. The van der Waals surface area contributed by atoms with Gasteiger partial charge >= 0.3 is 11.9 Å². The minimum atomic E-state index is -0.0344. The highest BCUT2D eigenvalue weighted by Crippen LogP contribution is 2.17. The molecule has 0 aliphatic rings. The topological polar surface area (TPSA) is 76.1 Å². The Balaban J connectivity index is 3.85. The van der Waals surface area contributed by atoms with Gasteiger partial charge in [0.05, 0.1) is 13.2 Å². The summed E-state index contributed by atoms with van der Waals surface area (Å²) >= 11 is 0. The molecule has 0 fully saturated rings. The normalized spacial score (nSPS) is 12.1. The molecule has 0 saturated carbocycles. The highest BCUT2D eigenvalue weighted by atomic mass is 16.5. The first-order valence-electron chi connectivity index (χ1n) is 20.3. The fourth-order valence-corrected chi connectivity index (χ4v) is 6.17. The van der Waals surface area contributed by atoms with Crippen LogP contribution in [-0.4, -0.2) is 60.9 Å². The number of esters is 2. The third kappa shape index (κ3) is 32.8. The lowest BCUT2D eigenvalue weighted by atomic mass is 10.0. The van der Waals surface area contributed by atoms with Crippen molar-refractivity contribution in [2.75, 3.05) is 32.8 Å². The summed E-state index contributed by atoms with van der Waals surface area (Å²) in [6.45, 7) is 10.3. The second kappa shape index (κ2) is 36.7. The maximum absolute atomic E-state index is 12.5. The molecule has 1 N–H and O–H groups in total. The number of unbranched alkanes of at least 4 members (excludes halogenated alkanes) is 20. The van der Waals surface area contributed by atoms with Crippen molar-refractivity contribution < 1.29 is 24.2 Å². The molecule has 0 heterocycles. The van der Waals surface area contributed by atoms with Gasteiger partial charge in [0, 0.05) is 19.4 Å². The summed E-state index contributed by atoms with van der Waals surface area (Å²) in [6.07, 6.45) is 32.8. The average molecular weight is 654 g/mol. The van der Waals surface area contributed by atoms with Crippen molar-refractivity contribution in [2.45, 2.75) is 213 Å². The SMILES string of the molecule is CCCCCCCCOC(=O)CCCCCCCN(CCO)CCCCCCCC(=O)OC(CCCCC)CCCCCCCC. The Kier molecular flexibility index (Phi) is 35.8. The van der Waals surface area contributed by atoms with Crippen molar-refractivity contribution in [1.82, 2.24) is 4.90 Å². The van der Waals surface area contributed by atoms with Crippen LogP contribution in [0.3, 0.4) is 0 Å². The molecule has 0 radical (unpaired) electrons. The molecule has 6 nitrogen and oxygen atoms in total. The molecule has 6 heteroatoms. The first-order valence-corrected chi connectivity index (χ1v) is 20.3. The number of aliphatic hydroxyl groups excluding tert-OH is 1. The van der Waals surface area contributed by atoms with Crippen molar-refractivity contribution in [3.05, 3.63) is 0 Å². The Bertz CT molecular complexity index is 643. The largest absolute Gasteiger partial charge is 0.466 e. The molecule has 0 aromatic rings. The van der Waals surface area contributed by atoms with Gasteiger partial charge in [-0.15, -0.1) is 0 Å². The molecule has 0 amide bonds. The molecule has 1 atom stereocenters. The monoisotopic (exact) mass is 654 g/mol. The van der Waals surface area contributed by atoms with E-state index >= 15 is 0 Å². The van der Waals surface area contributed by atoms with Crippen LogP contribution in [-0.2, 0) is 19.1 Å². The molecular weight excluding hydrogens is 574 g/mol. The smallest absolute Gasteiger partial charge is 0.306 e. The van der Waals surface area contributed by atoms with Gasteiger partial charge in [-0.2, -0.15) is 0 Å². The summed E-state index contributed by atoms with van der Waals surface area (Å²) in [4.78, 5) is 26.8. The molecule has 1 unspecified atom stereocenters. The zero-order chi connectivity index (χ0) is 33.8. The second-order valence-corrected chi connectivity index (χ2v) is 13.8. The molecule has 0 rings (SSSR count). The molecule has 0 saturated heterocycles. The number of nitrogens with zero attached hydrogens (tertiary/aromatic N) is 1. The molecule has 46 heavy (non-hydrogen) atoms. The lowest BCUT2D eigenvalue weighted by Gasteiger charge is -2.21. The number of rotatable bonds is 37. The summed E-state index contributed by atoms with van der Waals surface area (Å²) in [7, 11) is 0. The van der Waals surface area contributed by atoms with E-state index in [0.717, 1.165) is 103 Å². The third-order valence-electron chi connectivity index (χ3n) is 9.20.